The van der Waals surface area contributed by atoms with Crippen molar-refractivity contribution in [2.24, 2.45) is 0 Å². The van der Waals surface area contributed by atoms with E-state index in [1.54, 1.807) is 0 Å². The first-order valence-corrected chi connectivity index (χ1v) is 5.65. The van der Waals surface area contributed by atoms with Gasteiger partial charge in [-0.1, -0.05) is 18.2 Å². The van der Waals surface area contributed by atoms with Crippen molar-refractivity contribution in [3.05, 3.63) is 30.3 Å². The third-order valence-electron chi connectivity index (χ3n) is 1.91. The first kappa shape index (κ1) is 12.3. The van der Waals surface area contributed by atoms with Crippen molar-refractivity contribution < 1.29 is 9.47 Å². The van der Waals surface area contributed by atoms with Crippen LogP contribution >= 0.6 is 11.6 Å². The molecule has 0 aliphatic heterocycles. The average molecular weight is 229 g/mol. The van der Waals surface area contributed by atoms with Crippen molar-refractivity contribution in [3.63, 3.8) is 0 Å². The molecule has 1 aromatic rings. The highest BCUT2D eigenvalue weighted by atomic mass is 35.5. The summed E-state index contributed by atoms with van der Waals surface area (Å²) >= 11 is 5.65. The van der Waals surface area contributed by atoms with Gasteiger partial charge in [-0.3, -0.25) is 0 Å². The van der Waals surface area contributed by atoms with Crippen molar-refractivity contribution in [1.82, 2.24) is 0 Å². The SMILES string of the molecule is CC(CCl)OC(C)COc1ccccc1. The first-order valence-electron chi connectivity index (χ1n) is 5.11. The van der Waals surface area contributed by atoms with E-state index in [9.17, 15) is 0 Å². The van der Waals surface area contributed by atoms with Crippen LogP contribution in [0.4, 0.5) is 0 Å². The van der Waals surface area contributed by atoms with E-state index in [4.69, 9.17) is 21.1 Å². The monoisotopic (exact) mass is 228 g/mol. The smallest absolute Gasteiger partial charge is 0.119 e. The lowest BCUT2D eigenvalue weighted by Crippen LogP contribution is -2.24. The summed E-state index contributed by atoms with van der Waals surface area (Å²) in [5, 5.41) is 0. The highest BCUT2D eigenvalue weighted by Crippen LogP contribution is 2.09. The normalized spacial score (nSPS) is 14.6. The molecule has 0 N–H and O–H groups in total. The van der Waals surface area contributed by atoms with Crippen LogP contribution in [0.2, 0.25) is 0 Å². The highest BCUT2D eigenvalue weighted by molar-refractivity contribution is 6.18. The van der Waals surface area contributed by atoms with Crippen molar-refractivity contribution >= 4 is 11.6 Å². The minimum absolute atomic E-state index is 0.0546. The third kappa shape index (κ3) is 5.05. The van der Waals surface area contributed by atoms with Crippen LogP contribution in [-0.4, -0.2) is 24.7 Å². The van der Waals surface area contributed by atoms with Gasteiger partial charge in [0, 0.05) is 5.88 Å². The molecular formula is C12H17ClO2. The Bertz CT molecular complexity index is 264. The van der Waals surface area contributed by atoms with Crippen LogP contribution in [0.15, 0.2) is 30.3 Å². The van der Waals surface area contributed by atoms with Gasteiger partial charge >= 0.3 is 0 Å². The molecule has 0 saturated heterocycles. The van der Waals surface area contributed by atoms with Crippen LogP contribution < -0.4 is 4.74 Å². The Kier molecular flexibility index (Phi) is 5.51. The zero-order valence-electron chi connectivity index (χ0n) is 9.15. The summed E-state index contributed by atoms with van der Waals surface area (Å²) in [6.07, 6.45) is 0.125. The van der Waals surface area contributed by atoms with E-state index in [0.29, 0.717) is 12.5 Å². The summed E-state index contributed by atoms with van der Waals surface area (Å²) in [4.78, 5) is 0. The molecule has 1 rings (SSSR count). The second-order valence-electron chi connectivity index (χ2n) is 3.54. The van der Waals surface area contributed by atoms with Crippen molar-refractivity contribution in [3.8, 4) is 5.75 Å². The van der Waals surface area contributed by atoms with E-state index in [1.165, 1.54) is 0 Å². The highest BCUT2D eigenvalue weighted by Gasteiger charge is 2.07. The van der Waals surface area contributed by atoms with E-state index in [2.05, 4.69) is 0 Å². The molecule has 84 valence electrons. The molecule has 0 saturated carbocycles. The molecule has 1 aromatic carbocycles. The van der Waals surface area contributed by atoms with Gasteiger partial charge in [0.05, 0.1) is 12.2 Å². The summed E-state index contributed by atoms with van der Waals surface area (Å²) in [7, 11) is 0. The number of ether oxygens (including phenoxy) is 2. The summed E-state index contributed by atoms with van der Waals surface area (Å²) in [5.74, 6) is 1.38. The van der Waals surface area contributed by atoms with Gasteiger partial charge in [-0.05, 0) is 26.0 Å². The van der Waals surface area contributed by atoms with Crippen LogP contribution in [0.25, 0.3) is 0 Å². The number of alkyl halides is 1. The zero-order chi connectivity index (χ0) is 11.1. The number of hydrogen-bond acceptors (Lipinski definition) is 2. The molecular weight excluding hydrogens is 212 g/mol. The van der Waals surface area contributed by atoms with Crippen LogP contribution in [0, 0.1) is 0 Å². The molecule has 0 heterocycles. The summed E-state index contributed by atoms with van der Waals surface area (Å²) in [5.41, 5.74) is 0. The predicted molar refractivity (Wildman–Crippen MR) is 62.7 cm³/mol. The van der Waals surface area contributed by atoms with Gasteiger partial charge in [0.2, 0.25) is 0 Å². The second kappa shape index (κ2) is 6.70. The van der Waals surface area contributed by atoms with Gasteiger partial charge in [0.25, 0.3) is 0 Å². The maximum absolute atomic E-state index is 5.65. The van der Waals surface area contributed by atoms with Crippen LogP contribution in [0.3, 0.4) is 0 Å². The van der Waals surface area contributed by atoms with Gasteiger partial charge in [0.1, 0.15) is 12.4 Å². The number of para-hydroxylation sites is 1. The second-order valence-corrected chi connectivity index (χ2v) is 3.84. The molecule has 0 amide bonds. The minimum Gasteiger partial charge on any atom is -0.491 e. The van der Waals surface area contributed by atoms with Crippen LogP contribution in [-0.2, 0) is 4.74 Å². The molecule has 0 bridgehead atoms. The Labute approximate surface area is 96.2 Å². The average Bonchev–Trinajstić information content (AvgIpc) is 2.27. The van der Waals surface area contributed by atoms with Gasteiger partial charge < -0.3 is 9.47 Å². The van der Waals surface area contributed by atoms with E-state index in [0.717, 1.165) is 5.75 Å². The number of rotatable bonds is 6. The minimum atomic E-state index is 0.0546. The molecule has 0 fully saturated rings. The Morgan fingerprint density at radius 1 is 1.13 bits per heavy atom. The third-order valence-corrected chi connectivity index (χ3v) is 2.34. The molecule has 0 radical (unpaired) electrons. The largest absolute Gasteiger partial charge is 0.491 e. The van der Waals surface area contributed by atoms with Gasteiger partial charge in [-0.25, -0.2) is 0 Å². The lowest BCUT2D eigenvalue weighted by Gasteiger charge is -2.17. The number of hydrogen-bond donors (Lipinski definition) is 0. The fourth-order valence-corrected chi connectivity index (χ4v) is 1.28. The molecule has 2 atom stereocenters. The Morgan fingerprint density at radius 3 is 2.40 bits per heavy atom. The van der Waals surface area contributed by atoms with E-state index < -0.39 is 0 Å². The van der Waals surface area contributed by atoms with Gasteiger partial charge in [-0.2, -0.15) is 0 Å². The van der Waals surface area contributed by atoms with Gasteiger partial charge in [-0.15, -0.1) is 11.6 Å². The van der Waals surface area contributed by atoms with E-state index in [1.807, 2.05) is 44.2 Å². The fraction of sp³-hybridized carbons (Fsp3) is 0.500. The number of benzene rings is 1. The van der Waals surface area contributed by atoms with Crippen molar-refractivity contribution in [2.75, 3.05) is 12.5 Å². The topological polar surface area (TPSA) is 18.5 Å². The Balaban J connectivity index is 2.25. The molecule has 2 nitrogen and oxygen atoms in total. The Hall–Kier alpha value is -0.730. The maximum atomic E-state index is 5.65. The lowest BCUT2D eigenvalue weighted by atomic mass is 10.3. The molecule has 0 aromatic heterocycles. The van der Waals surface area contributed by atoms with Gasteiger partial charge in [0.15, 0.2) is 0 Å². The molecule has 3 heteroatoms. The van der Waals surface area contributed by atoms with E-state index >= 15 is 0 Å². The van der Waals surface area contributed by atoms with Crippen molar-refractivity contribution in [2.45, 2.75) is 26.1 Å². The Morgan fingerprint density at radius 2 is 1.80 bits per heavy atom. The lowest BCUT2D eigenvalue weighted by molar-refractivity contribution is -0.00469. The maximum Gasteiger partial charge on any atom is 0.119 e. The van der Waals surface area contributed by atoms with Crippen molar-refractivity contribution in [1.29, 1.82) is 0 Å². The molecule has 0 spiro atoms. The summed E-state index contributed by atoms with van der Waals surface area (Å²) < 4.78 is 11.1. The zero-order valence-corrected chi connectivity index (χ0v) is 9.91. The first-order chi connectivity index (χ1) is 7.22. The van der Waals surface area contributed by atoms with Crippen LogP contribution in [0.1, 0.15) is 13.8 Å². The quantitative estimate of drug-likeness (QED) is 0.697. The number of halogens is 1. The summed E-state index contributed by atoms with van der Waals surface area (Å²) in [6, 6.07) is 9.71. The van der Waals surface area contributed by atoms with Crippen LogP contribution in [0.5, 0.6) is 5.75 Å². The molecule has 2 unspecified atom stereocenters. The molecule has 15 heavy (non-hydrogen) atoms. The van der Waals surface area contributed by atoms with E-state index in [-0.39, 0.29) is 12.2 Å². The predicted octanol–water partition coefficient (Wildman–Crippen LogP) is 3.10. The summed E-state index contributed by atoms with van der Waals surface area (Å²) in [6.45, 7) is 4.48. The standard InChI is InChI=1S/C12H17ClO2/c1-10(8-13)15-11(2)9-14-12-6-4-3-5-7-12/h3-7,10-11H,8-9H2,1-2H3. The molecule has 0 aliphatic rings. The fourth-order valence-electron chi connectivity index (χ4n) is 1.20. The molecule has 0 aliphatic carbocycles.